The Morgan fingerprint density at radius 1 is 1.50 bits per heavy atom. The number of hydrogen-bond donors (Lipinski definition) is 2. The molecule has 0 saturated heterocycles. The van der Waals surface area contributed by atoms with E-state index in [-0.39, 0.29) is 12.1 Å². The molecule has 74 valence electrons. The highest BCUT2D eigenvalue weighted by atomic mass is 35.5. The van der Waals surface area contributed by atoms with Crippen molar-refractivity contribution in [3.8, 4) is 0 Å². The summed E-state index contributed by atoms with van der Waals surface area (Å²) < 4.78 is 0. The van der Waals surface area contributed by atoms with E-state index in [0.29, 0.717) is 5.69 Å². The molecular formula is C8H7ClN2O3. The number of pyridine rings is 1. The van der Waals surface area contributed by atoms with Gasteiger partial charge in [-0.3, -0.25) is 9.78 Å². The molecule has 14 heavy (non-hydrogen) atoms. The Bertz CT molecular complexity index is 350. The highest BCUT2D eigenvalue weighted by Crippen LogP contribution is 2.03. The van der Waals surface area contributed by atoms with E-state index in [2.05, 4.69) is 10.3 Å². The highest BCUT2D eigenvalue weighted by molar-refractivity contribution is 6.67. The average Bonchev–Trinajstić information content (AvgIpc) is 2.15. The fourth-order valence-corrected chi connectivity index (χ4v) is 0.923. The monoisotopic (exact) mass is 214 g/mol. The van der Waals surface area contributed by atoms with Crippen LogP contribution in [0, 0.1) is 0 Å². The number of carbonyl (C=O) groups excluding carboxylic acids is 1. The maximum absolute atomic E-state index is 10.6. The van der Waals surface area contributed by atoms with Crippen molar-refractivity contribution in [3.63, 3.8) is 0 Å². The topological polar surface area (TPSA) is 79.3 Å². The van der Waals surface area contributed by atoms with Gasteiger partial charge in [0.2, 0.25) is 0 Å². The summed E-state index contributed by atoms with van der Waals surface area (Å²) in [5.41, 5.74) is 0.805. The lowest BCUT2D eigenvalue weighted by molar-refractivity contribution is 0.108. The minimum absolute atomic E-state index is 0.103. The highest BCUT2D eigenvalue weighted by Gasteiger charge is 2.02. The summed E-state index contributed by atoms with van der Waals surface area (Å²) in [6, 6.07) is 3.02. The first-order chi connectivity index (χ1) is 6.59. The zero-order valence-electron chi connectivity index (χ0n) is 7.03. The van der Waals surface area contributed by atoms with E-state index in [4.69, 9.17) is 16.7 Å². The van der Waals surface area contributed by atoms with Gasteiger partial charge in [0.1, 0.15) is 0 Å². The van der Waals surface area contributed by atoms with Gasteiger partial charge in [-0.05, 0) is 23.7 Å². The third-order valence-electron chi connectivity index (χ3n) is 1.47. The van der Waals surface area contributed by atoms with Gasteiger partial charge in [-0.2, -0.15) is 0 Å². The summed E-state index contributed by atoms with van der Waals surface area (Å²) >= 11 is 5.19. The molecule has 1 heterocycles. The van der Waals surface area contributed by atoms with Crippen LogP contribution in [0.5, 0.6) is 0 Å². The summed E-state index contributed by atoms with van der Waals surface area (Å²) in [5, 5.41) is 9.86. The molecule has 0 aliphatic heterocycles. The van der Waals surface area contributed by atoms with Gasteiger partial charge in [-0.1, -0.05) is 0 Å². The Labute approximate surface area is 84.7 Å². The molecule has 1 aromatic rings. The van der Waals surface area contributed by atoms with Gasteiger partial charge in [-0.15, -0.1) is 0 Å². The molecule has 0 unspecified atom stereocenters. The van der Waals surface area contributed by atoms with Crippen molar-refractivity contribution in [1.29, 1.82) is 0 Å². The number of amides is 1. The number of nitrogens with one attached hydrogen (secondary N) is 1. The van der Waals surface area contributed by atoms with E-state index in [1.165, 1.54) is 18.3 Å². The van der Waals surface area contributed by atoms with Crippen molar-refractivity contribution in [2.75, 3.05) is 0 Å². The molecule has 6 heteroatoms. The molecule has 1 amide bonds. The Hall–Kier alpha value is -1.62. The van der Waals surface area contributed by atoms with Gasteiger partial charge in [0.05, 0.1) is 17.8 Å². The Morgan fingerprint density at radius 3 is 2.64 bits per heavy atom. The van der Waals surface area contributed by atoms with E-state index in [1.54, 1.807) is 0 Å². The number of hydrogen-bond acceptors (Lipinski definition) is 3. The van der Waals surface area contributed by atoms with Crippen molar-refractivity contribution < 1.29 is 14.7 Å². The first kappa shape index (κ1) is 10.5. The SMILES string of the molecule is O=C(O)NCc1ccc(C(=O)Cl)cn1. The van der Waals surface area contributed by atoms with Gasteiger partial charge in [0.25, 0.3) is 5.24 Å². The van der Waals surface area contributed by atoms with E-state index in [1.807, 2.05) is 0 Å². The van der Waals surface area contributed by atoms with Crippen molar-refractivity contribution in [1.82, 2.24) is 10.3 Å². The van der Waals surface area contributed by atoms with Crippen LogP contribution in [0.3, 0.4) is 0 Å². The van der Waals surface area contributed by atoms with Crippen LogP contribution in [0.1, 0.15) is 16.1 Å². The van der Waals surface area contributed by atoms with Crippen LogP contribution in [-0.4, -0.2) is 21.4 Å². The van der Waals surface area contributed by atoms with Crippen molar-refractivity contribution in [3.05, 3.63) is 29.6 Å². The molecule has 0 spiro atoms. The summed E-state index contributed by atoms with van der Waals surface area (Å²) in [7, 11) is 0. The van der Waals surface area contributed by atoms with Crippen molar-refractivity contribution in [2.24, 2.45) is 0 Å². The predicted molar refractivity (Wildman–Crippen MR) is 49.3 cm³/mol. The lowest BCUT2D eigenvalue weighted by Crippen LogP contribution is -2.20. The van der Waals surface area contributed by atoms with E-state index in [9.17, 15) is 9.59 Å². The standard InChI is InChI=1S/C8H7ClN2O3/c9-7(12)5-1-2-6(10-3-5)4-11-8(13)14/h1-3,11H,4H2,(H,13,14). The van der Waals surface area contributed by atoms with Gasteiger partial charge < -0.3 is 10.4 Å². The van der Waals surface area contributed by atoms with E-state index in [0.717, 1.165) is 0 Å². The van der Waals surface area contributed by atoms with Crippen LogP contribution in [0.2, 0.25) is 0 Å². The molecule has 0 fully saturated rings. The van der Waals surface area contributed by atoms with Gasteiger partial charge in [-0.25, -0.2) is 4.79 Å². The minimum atomic E-state index is -1.12. The Balaban J connectivity index is 2.64. The van der Waals surface area contributed by atoms with Crippen LogP contribution < -0.4 is 5.32 Å². The molecule has 2 N–H and O–H groups in total. The lowest BCUT2D eigenvalue weighted by atomic mass is 10.2. The molecule has 1 aromatic heterocycles. The van der Waals surface area contributed by atoms with Crippen LogP contribution in [-0.2, 0) is 6.54 Å². The second-order valence-corrected chi connectivity index (χ2v) is 2.81. The second kappa shape index (κ2) is 4.57. The summed E-state index contributed by atoms with van der Waals surface area (Å²) in [4.78, 5) is 24.6. The van der Waals surface area contributed by atoms with Gasteiger partial charge >= 0.3 is 6.09 Å². The molecule has 0 aliphatic carbocycles. The molecule has 1 rings (SSSR count). The first-order valence-electron chi connectivity index (χ1n) is 3.71. The first-order valence-corrected chi connectivity index (χ1v) is 4.09. The van der Waals surface area contributed by atoms with Crippen molar-refractivity contribution in [2.45, 2.75) is 6.54 Å². The second-order valence-electron chi connectivity index (χ2n) is 2.47. The smallest absolute Gasteiger partial charge is 0.404 e. The number of nitrogens with zero attached hydrogens (tertiary/aromatic N) is 1. The third-order valence-corrected chi connectivity index (χ3v) is 1.69. The zero-order valence-corrected chi connectivity index (χ0v) is 7.78. The number of halogens is 1. The number of carboxylic acid groups (broad SMARTS) is 1. The molecule has 0 aromatic carbocycles. The van der Waals surface area contributed by atoms with Crippen LogP contribution in [0.25, 0.3) is 0 Å². The fraction of sp³-hybridized carbons (Fsp3) is 0.125. The third kappa shape index (κ3) is 3.02. The summed E-state index contributed by atoms with van der Waals surface area (Å²) in [6.07, 6.45) is 0.179. The average molecular weight is 215 g/mol. The lowest BCUT2D eigenvalue weighted by Gasteiger charge is -2.00. The molecule has 0 radical (unpaired) electrons. The molecule has 0 atom stereocenters. The predicted octanol–water partition coefficient (Wildman–Crippen LogP) is 1.23. The number of carbonyl (C=O) groups is 2. The maximum atomic E-state index is 10.6. The largest absolute Gasteiger partial charge is 0.465 e. The Morgan fingerprint density at radius 2 is 2.21 bits per heavy atom. The number of aromatic nitrogens is 1. The fourth-order valence-electron chi connectivity index (χ4n) is 0.812. The van der Waals surface area contributed by atoms with Crippen LogP contribution in [0.15, 0.2) is 18.3 Å². The van der Waals surface area contributed by atoms with Crippen LogP contribution in [0.4, 0.5) is 4.79 Å². The van der Waals surface area contributed by atoms with E-state index >= 15 is 0 Å². The normalized spacial score (nSPS) is 9.50. The molecule has 5 nitrogen and oxygen atoms in total. The van der Waals surface area contributed by atoms with Crippen LogP contribution >= 0.6 is 11.6 Å². The zero-order chi connectivity index (χ0) is 10.6. The quantitative estimate of drug-likeness (QED) is 0.742. The van der Waals surface area contributed by atoms with Gasteiger partial charge in [0.15, 0.2) is 0 Å². The van der Waals surface area contributed by atoms with E-state index < -0.39 is 11.3 Å². The molecule has 0 aliphatic rings. The molecular weight excluding hydrogens is 208 g/mol. The molecule has 0 bridgehead atoms. The maximum Gasteiger partial charge on any atom is 0.404 e. The Kier molecular flexibility index (Phi) is 3.41. The van der Waals surface area contributed by atoms with Crippen molar-refractivity contribution >= 4 is 22.9 Å². The number of rotatable bonds is 3. The summed E-state index contributed by atoms with van der Waals surface area (Å²) in [5.74, 6) is 0. The summed E-state index contributed by atoms with van der Waals surface area (Å²) in [6.45, 7) is 0.103. The molecule has 0 saturated carbocycles. The minimum Gasteiger partial charge on any atom is -0.465 e. The van der Waals surface area contributed by atoms with Gasteiger partial charge in [0, 0.05) is 6.20 Å².